The number of alkyl halides is 3. The van der Waals surface area contributed by atoms with E-state index in [-0.39, 0.29) is 5.43 Å². The maximum absolute atomic E-state index is 13.0. The third-order valence-corrected chi connectivity index (χ3v) is 4.34. The summed E-state index contributed by atoms with van der Waals surface area (Å²) in [6.45, 7) is 4.32. The third kappa shape index (κ3) is 6.50. The summed E-state index contributed by atoms with van der Waals surface area (Å²) in [5.74, 6) is 0.488. The van der Waals surface area contributed by atoms with E-state index in [0.29, 0.717) is 23.6 Å². The van der Waals surface area contributed by atoms with Crippen LogP contribution in [0.4, 0.5) is 13.2 Å². The number of pyridine rings is 1. The number of aromatic nitrogens is 3. The van der Waals surface area contributed by atoms with Gasteiger partial charge in [0.15, 0.2) is 11.3 Å². The molecule has 0 radical (unpaired) electrons. The molecule has 1 aliphatic rings. The number of rotatable bonds is 5. The number of H-pyrrole nitrogens is 1. The molecule has 3 rings (SSSR count). The summed E-state index contributed by atoms with van der Waals surface area (Å²) < 4.78 is 45.7. The van der Waals surface area contributed by atoms with Crippen molar-refractivity contribution in [2.75, 3.05) is 7.11 Å². The van der Waals surface area contributed by atoms with Gasteiger partial charge in [0.25, 0.3) is 0 Å². The quantitative estimate of drug-likeness (QED) is 0.686. The molecule has 0 unspecified atom stereocenters. The Labute approximate surface area is 173 Å². The number of methoxy groups -OCH3 is 1. The van der Waals surface area contributed by atoms with E-state index in [1.165, 1.54) is 31.4 Å². The van der Waals surface area contributed by atoms with Crippen molar-refractivity contribution in [1.29, 1.82) is 0 Å². The standard InChI is InChI=1S/C16H19F3N2.C6H7NO2/c1-3-6-12(10-13(7-4-2)16(17,18)19)15-11-14-8-5-9-21(14)20-15;1-9-6-4-5(8)2-3-7-6/h3,6-7,10-11H,4-5,8-9H2,1-2H3;2-4H,1H3,(H,7,8)/b6-3-,12-10+,13-7-;. The molecule has 8 heteroatoms. The Kier molecular flexibility index (Phi) is 8.26. The first-order valence-electron chi connectivity index (χ1n) is 9.70. The lowest BCUT2D eigenvalue weighted by atomic mass is 10.1. The van der Waals surface area contributed by atoms with Gasteiger partial charge in [0.2, 0.25) is 0 Å². The van der Waals surface area contributed by atoms with Crippen LogP contribution in [0.5, 0.6) is 5.88 Å². The fourth-order valence-corrected chi connectivity index (χ4v) is 2.98. The van der Waals surface area contributed by atoms with Crippen LogP contribution in [-0.2, 0) is 13.0 Å². The van der Waals surface area contributed by atoms with Crippen LogP contribution in [0.3, 0.4) is 0 Å². The van der Waals surface area contributed by atoms with Gasteiger partial charge in [-0.05, 0) is 38.3 Å². The van der Waals surface area contributed by atoms with Crippen molar-refractivity contribution in [3.8, 4) is 5.88 Å². The topological polar surface area (TPSA) is 59.9 Å². The molecule has 0 saturated carbocycles. The van der Waals surface area contributed by atoms with E-state index < -0.39 is 11.7 Å². The fourth-order valence-electron chi connectivity index (χ4n) is 2.98. The second-order valence-corrected chi connectivity index (χ2v) is 6.61. The predicted octanol–water partition coefficient (Wildman–Crippen LogP) is 5.07. The summed E-state index contributed by atoms with van der Waals surface area (Å²) in [5.41, 5.74) is 1.52. The van der Waals surface area contributed by atoms with Gasteiger partial charge in [0, 0.05) is 36.1 Å². The van der Waals surface area contributed by atoms with E-state index in [1.807, 2.05) is 10.7 Å². The van der Waals surface area contributed by atoms with Gasteiger partial charge < -0.3 is 9.72 Å². The largest absolute Gasteiger partial charge is 0.482 e. The third-order valence-electron chi connectivity index (χ3n) is 4.34. The maximum Gasteiger partial charge on any atom is 0.416 e. The normalized spacial score (nSPS) is 14.5. The number of nitrogens with zero attached hydrogens (tertiary/aromatic N) is 2. The molecule has 0 bridgehead atoms. The lowest BCUT2D eigenvalue weighted by Crippen LogP contribution is -2.10. The van der Waals surface area contributed by atoms with E-state index in [1.54, 1.807) is 32.2 Å². The van der Waals surface area contributed by atoms with Crippen LogP contribution in [0, 0.1) is 0 Å². The van der Waals surface area contributed by atoms with Crippen molar-refractivity contribution in [3.63, 3.8) is 0 Å². The minimum Gasteiger partial charge on any atom is -0.482 e. The van der Waals surface area contributed by atoms with Crippen molar-refractivity contribution in [2.45, 2.75) is 45.8 Å². The molecule has 0 fully saturated rings. The van der Waals surface area contributed by atoms with E-state index in [2.05, 4.69) is 10.1 Å². The Morgan fingerprint density at radius 1 is 1.37 bits per heavy atom. The van der Waals surface area contributed by atoms with E-state index in [0.717, 1.165) is 25.1 Å². The zero-order chi connectivity index (χ0) is 22.1. The molecule has 30 heavy (non-hydrogen) atoms. The Balaban J connectivity index is 0.000000297. The molecule has 0 spiro atoms. The molecular formula is C22H26F3N3O2. The number of hydrogen-bond acceptors (Lipinski definition) is 3. The van der Waals surface area contributed by atoms with Gasteiger partial charge in [0.1, 0.15) is 0 Å². The average Bonchev–Trinajstić information content (AvgIpc) is 3.29. The molecule has 0 saturated heterocycles. The molecule has 3 heterocycles. The average molecular weight is 421 g/mol. The molecule has 162 valence electrons. The first kappa shape index (κ1) is 23.3. The van der Waals surface area contributed by atoms with Gasteiger partial charge in [-0.1, -0.05) is 25.2 Å². The van der Waals surface area contributed by atoms with Gasteiger partial charge in [-0.15, -0.1) is 0 Å². The number of fused-ring (bicyclic) bond motifs is 1. The minimum atomic E-state index is -4.34. The monoisotopic (exact) mass is 421 g/mol. The Morgan fingerprint density at radius 3 is 2.67 bits per heavy atom. The van der Waals surface area contributed by atoms with Gasteiger partial charge >= 0.3 is 6.18 Å². The highest BCUT2D eigenvalue weighted by molar-refractivity contribution is 5.74. The second kappa shape index (κ2) is 10.7. The zero-order valence-electron chi connectivity index (χ0n) is 17.3. The van der Waals surface area contributed by atoms with E-state index in [9.17, 15) is 18.0 Å². The molecular weight excluding hydrogens is 395 g/mol. The molecule has 0 aromatic carbocycles. The number of aromatic amines is 1. The highest BCUT2D eigenvalue weighted by Crippen LogP contribution is 2.30. The predicted molar refractivity (Wildman–Crippen MR) is 111 cm³/mol. The first-order chi connectivity index (χ1) is 14.3. The highest BCUT2D eigenvalue weighted by Gasteiger charge is 2.32. The molecule has 5 nitrogen and oxygen atoms in total. The summed E-state index contributed by atoms with van der Waals surface area (Å²) in [6, 6.07) is 4.71. The van der Waals surface area contributed by atoms with Crippen LogP contribution in [0.2, 0.25) is 0 Å². The SMILES string of the molecule is COc1cc(=O)cc[nH]1.C\C=C/C(=C\C(=C\CC)C(F)(F)F)c1cc2n(n1)CCC2. The van der Waals surface area contributed by atoms with Crippen LogP contribution in [-0.4, -0.2) is 28.1 Å². The number of halogens is 3. The van der Waals surface area contributed by atoms with Crippen LogP contribution < -0.4 is 10.2 Å². The second-order valence-electron chi connectivity index (χ2n) is 6.61. The summed E-state index contributed by atoms with van der Waals surface area (Å²) in [5, 5.41) is 4.41. The zero-order valence-corrected chi connectivity index (χ0v) is 17.3. The van der Waals surface area contributed by atoms with Crippen LogP contribution in [0.15, 0.2) is 59.1 Å². The van der Waals surface area contributed by atoms with Crippen LogP contribution >= 0.6 is 0 Å². The van der Waals surface area contributed by atoms with Gasteiger partial charge in [-0.2, -0.15) is 18.3 Å². The molecule has 0 aliphatic carbocycles. The van der Waals surface area contributed by atoms with Gasteiger partial charge in [-0.3, -0.25) is 9.48 Å². The number of nitrogens with one attached hydrogen (secondary N) is 1. The molecule has 1 aliphatic heterocycles. The van der Waals surface area contributed by atoms with Gasteiger partial charge in [0.05, 0.1) is 18.4 Å². The molecule has 2 aromatic rings. The van der Waals surface area contributed by atoms with E-state index in [4.69, 9.17) is 4.74 Å². The highest BCUT2D eigenvalue weighted by atomic mass is 19.4. The Bertz CT molecular complexity index is 960. The maximum atomic E-state index is 13.0. The van der Waals surface area contributed by atoms with Crippen molar-refractivity contribution >= 4 is 5.57 Å². The van der Waals surface area contributed by atoms with Crippen LogP contribution in [0.1, 0.15) is 38.1 Å². The lowest BCUT2D eigenvalue weighted by Gasteiger charge is -2.09. The summed E-state index contributed by atoms with van der Waals surface area (Å²) in [7, 11) is 1.51. The summed E-state index contributed by atoms with van der Waals surface area (Å²) in [4.78, 5) is 13.3. The summed E-state index contributed by atoms with van der Waals surface area (Å²) in [6.07, 6.45) is 5.32. The molecule has 2 aromatic heterocycles. The number of aryl methyl sites for hydroxylation is 2. The fraction of sp³-hybridized carbons (Fsp3) is 0.364. The van der Waals surface area contributed by atoms with Crippen molar-refractivity contribution in [1.82, 2.24) is 14.8 Å². The van der Waals surface area contributed by atoms with Gasteiger partial charge in [-0.25, -0.2) is 0 Å². The smallest absolute Gasteiger partial charge is 0.416 e. The number of hydrogen-bond donors (Lipinski definition) is 1. The Morgan fingerprint density at radius 2 is 2.13 bits per heavy atom. The molecule has 1 N–H and O–H groups in total. The van der Waals surface area contributed by atoms with Crippen molar-refractivity contribution in [3.05, 3.63) is 75.9 Å². The van der Waals surface area contributed by atoms with E-state index >= 15 is 0 Å². The van der Waals surface area contributed by atoms with Crippen LogP contribution in [0.25, 0.3) is 5.57 Å². The minimum absolute atomic E-state index is 0.0504. The summed E-state index contributed by atoms with van der Waals surface area (Å²) >= 11 is 0. The molecule has 0 atom stereocenters. The Hall–Kier alpha value is -3.03. The van der Waals surface area contributed by atoms with Crippen molar-refractivity contribution < 1.29 is 17.9 Å². The van der Waals surface area contributed by atoms with Crippen molar-refractivity contribution in [2.24, 2.45) is 0 Å². The first-order valence-corrected chi connectivity index (χ1v) is 9.70. The number of ether oxygens (including phenoxy) is 1. The lowest BCUT2D eigenvalue weighted by molar-refractivity contribution is -0.0883. The molecule has 0 amide bonds. The number of allylic oxidation sites excluding steroid dienone is 6.